The maximum absolute atomic E-state index is 13.2. The maximum Gasteiger partial charge on any atom is 0.307 e. The van der Waals surface area contributed by atoms with Crippen LogP contribution < -0.4 is 4.90 Å². The standard InChI is InChI=1S/C13H14FNO3/c1-18-13(17)6-7-15-11-8-10(14)4-2-9(11)3-5-12(15)16/h2,4,8H,3,5-7H2,1H3. The van der Waals surface area contributed by atoms with E-state index < -0.39 is 0 Å². The van der Waals surface area contributed by atoms with Crippen molar-refractivity contribution in [2.75, 3.05) is 18.6 Å². The van der Waals surface area contributed by atoms with Crippen LogP contribution in [0.1, 0.15) is 18.4 Å². The molecule has 1 heterocycles. The van der Waals surface area contributed by atoms with E-state index in [-0.39, 0.29) is 30.7 Å². The molecule has 1 aliphatic rings. The van der Waals surface area contributed by atoms with E-state index in [1.807, 2.05) is 0 Å². The van der Waals surface area contributed by atoms with Crippen LogP contribution in [-0.4, -0.2) is 25.5 Å². The lowest BCUT2D eigenvalue weighted by Crippen LogP contribution is -2.36. The van der Waals surface area contributed by atoms with Gasteiger partial charge in [0.2, 0.25) is 5.91 Å². The molecule has 1 amide bonds. The zero-order valence-corrected chi connectivity index (χ0v) is 10.1. The van der Waals surface area contributed by atoms with Gasteiger partial charge in [-0.05, 0) is 24.1 Å². The lowest BCUT2D eigenvalue weighted by Gasteiger charge is -2.29. The minimum absolute atomic E-state index is 0.0861. The van der Waals surface area contributed by atoms with Crippen LogP contribution in [0, 0.1) is 5.82 Å². The van der Waals surface area contributed by atoms with E-state index in [1.54, 1.807) is 6.07 Å². The van der Waals surface area contributed by atoms with Gasteiger partial charge < -0.3 is 9.64 Å². The molecule has 0 radical (unpaired) electrons. The molecule has 0 saturated heterocycles. The van der Waals surface area contributed by atoms with Crippen molar-refractivity contribution in [3.63, 3.8) is 0 Å². The molecule has 2 rings (SSSR count). The minimum atomic E-state index is -0.383. The Labute approximate surface area is 104 Å². The number of halogens is 1. The average Bonchev–Trinajstić information content (AvgIpc) is 2.37. The summed E-state index contributed by atoms with van der Waals surface area (Å²) in [5.74, 6) is -0.852. The normalized spacial score (nSPS) is 14.3. The smallest absolute Gasteiger partial charge is 0.307 e. The van der Waals surface area contributed by atoms with Gasteiger partial charge in [0.1, 0.15) is 5.82 Å². The van der Waals surface area contributed by atoms with Gasteiger partial charge in [-0.2, -0.15) is 0 Å². The molecule has 0 N–H and O–H groups in total. The van der Waals surface area contributed by atoms with Gasteiger partial charge in [0.25, 0.3) is 0 Å². The molecule has 0 saturated carbocycles. The quantitative estimate of drug-likeness (QED) is 0.768. The van der Waals surface area contributed by atoms with Gasteiger partial charge in [0.15, 0.2) is 0 Å². The van der Waals surface area contributed by atoms with Crippen LogP contribution >= 0.6 is 0 Å². The number of nitrogens with zero attached hydrogens (tertiary/aromatic N) is 1. The van der Waals surface area contributed by atoms with Crippen LogP contribution in [0.15, 0.2) is 18.2 Å². The van der Waals surface area contributed by atoms with Crippen molar-refractivity contribution < 1.29 is 18.7 Å². The number of aryl methyl sites for hydroxylation is 1. The molecule has 0 fully saturated rings. The van der Waals surface area contributed by atoms with Gasteiger partial charge in [-0.25, -0.2) is 4.39 Å². The summed E-state index contributed by atoms with van der Waals surface area (Å²) in [4.78, 5) is 24.4. The number of carbonyl (C=O) groups is 2. The first-order valence-corrected chi connectivity index (χ1v) is 5.77. The molecule has 1 aromatic rings. The van der Waals surface area contributed by atoms with Crippen molar-refractivity contribution in [3.8, 4) is 0 Å². The molecule has 5 heteroatoms. The van der Waals surface area contributed by atoms with E-state index >= 15 is 0 Å². The Bertz CT molecular complexity index is 487. The number of carbonyl (C=O) groups excluding carboxylic acids is 2. The molecule has 0 aromatic heterocycles. The Kier molecular flexibility index (Phi) is 3.60. The van der Waals surface area contributed by atoms with E-state index in [2.05, 4.69) is 4.74 Å². The third-order valence-corrected chi connectivity index (χ3v) is 3.01. The molecule has 0 spiro atoms. The summed E-state index contributed by atoms with van der Waals surface area (Å²) in [7, 11) is 1.30. The Morgan fingerprint density at radius 3 is 2.94 bits per heavy atom. The zero-order valence-electron chi connectivity index (χ0n) is 10.1. The fourth-order valence-electron chi connectivity index (χ4n) is 2.06. The third-order valence-electron chi connectivity index (χ3n) is 3.01. The van der Waals surface area contributed by atoms with Crippen LogP contribution in [0.5, 0.6) is 0 Å². The number of benzene rings is 1. The summed E-state index contributed by atoms with van der Waals surface area (Å²) >= 11 is 0. The second-order valence-electron chi connectivity index (χ2n) is 4.14. The van der Waals surface area contributed by atoms with E-state index in [9.17, 15) is 14.0 Å². The molecule has 96 valence electrons. The van der Waals surface area contributed by atoms with Crippen LogP contribution in [0.4, 0.5) is 10.1 Å². The largest absolute Gasteiger partial charge is 0.469 e. The predicted molar refractivity (Wildman–Crippen MR) is 63.7 cm³/mol. The number of amides is 1. The molecule has 0 aliphatic carbocycles. The molecular formula is C13H14FNO3. The first-order chi connectivity index (χ1) is 8.61. The molecule has 1 aromatic carbocycles. The van der Waals surface area contributed by atoms with Crippen LogP contribution in [0.2, 0.25) is 0 Å². The number of rotatable bonds is 3. The van der Waals surface area contributed by atoms with E-state index in [4.69, 9.17) is 0 Å². The fourth-order valence-corrected chi connectivity index (χ4v) is 2.06. The number of methoxy groups -OCH3 is 1. The second kappa shape index (κ2) is 5.16. The Morgan fingerprint density at radius 1 is 1.44 bits per heavy atom. The van der Waals surface area contributed by atoms with Crippen molar-refractivity contribution >= 4 is 17.6 Å². The minimum Gasteiger partial charge on any atom is -0.469 e. The van der Waals surface area contributed by atoms with Gasteiger partial charge in [0, 0.05) is 18.7 Å². The summed E-state index contributed by atoms with van der Waals surface area (Å²) in [6, 6.07) is 4.40. The van der Waals surface area contributed by atoms with Gasteiger partial charge >= 0.3 is 5.97 Å². The highest BCUT2D eigenvalue weighted by Crippen LogP contribution is 2.28. The fraction of sp³-hybridized carbons (Fsp3) is 0.385. The van der Waals surface area contributed by atoms with Crippen molar-refractivity contribution in [3.05, 3.63) is 29.6 Å². The number of hydrogen-bond acceptors (Lipinski definition) is 3. The first kappa shape index (κ1) is 12.5. The van der Waals surface area contributed by atoms with Crippen molar-refractivity contribution in [1.82, 2.24) is 0 Å². The van der Waals surface area contributed by atoms with Crippen LogP contribution in [0.3, 0.4) is 0 Å². The summed E-state index contributed by atoms with van der Waals surface area (Å²) in [5, 5.41) is 0. The maximum atomic E-state index is 13.2. The lowest BCUT2D eigenvalue weighted by atomic mass is 10.0. The van der Waals surface area contributed by atoms with Gasteiger partial charge in [0.05, 0.1) is 13.5 Å². The highest BCUT2D eigenvalue weighted by Gasteiger charge is 2.24. The molecule has 0 bridgehead atoms. The predicted octanol–water partition coefficient (Wildman–Crippen LogP) is 1.67. The van der Waals surface area contributed by atoms with E-state index in [0.717, 1.165) is 5.56 Å². The summed E-state index contributed by atoms with van der Waals surface area (Å²) in [6.45, 7) is 0.224. The van der Waals surface area contributed by atoms with Gasteiger partial charge in [-0.3, -0.25) is 9.59 Å². The molecule has 1 aliphatic heterocycles. The number of ether oxygens (including phenoxy) is 1. The SMILES string of the molecule is COC(=O)CCN1C(=O)CCc2ccc(F)cc21. The molecule has 4 nitrogen and oxygen atoms in total. The Balaban J connectivity index is 2.21. The van der Waals surface area contributed by atoms with E-state index in [0.29, 0.717) is 18.5 Å². The topological polar surface area (TPSA) is 46.6 Å². The molecule has 0 unspecified atom stereocenters. The van der Waals surface area contributed by atoms with Gasteiger partial charge in [-0.1, -0.05) is 6.07 Å². The first-order valence-electron chi connectivity index (χ1n) is 5.77. The Morgan fingerprint density at radius 2 is 2.22 bits per heavy atom. The van der Waals surface area contributed by atoms with Crippen molar-refractivity contribution in [2.24, 2.45) is 0 Å². The summed E-state index contributed by atoms with van der Waals surface area (Å²) < 4.78 is 17.8. The number of fused-ring (bicyclic) bond motifs is 1. The van der Waals surface area contributed by atoms with Gasteiger partial charge in [-0.15, -0.1) is 0 Å². The number of hydrogen-bond donors (Lipinski definition) is 0. The van der Waals surface area contributed by atoms with Crippen molar-refractivity contribution in [1.29, 1.82) is 0 Å². The van der Waals surface area contributed by atoms with Crippen molar-refractivity contribution in [2.45, 2.75) is 19.3 Å². The molecule has 0 atom stereocenters. The highest BCUT2D eigenvalue weighted by molar-refractivity contribution is 5.96. The van der Waals surface area contributed by atoms with Crippen LogP contribution in [0.25, 0.3) is 0 Å². The van der Waals surface area contributed by atoms with Crippen LogP contribution in [-0.2, 0) is 20.7 Å². The zero-order chi connectivity index (χ0) is 13.1. The summed E-state index contributed by atoms with van der Waals surface area (Å²) in [6.07, 6.45) is 1.11. The molecule has 18 heavy (non-hydrogen) atoms. The highest BCUT2D eigenvalue weighted by atomic mass is 19.1. The number of anilines is 1. The monoisotopic (exact) mass is 251 g/mol. The second-order valence-corrected chi connectivity index (χ2v) is 4.14. The Hall–Kier alpha value is -1.91. The molecular weight excluding hydrogens is 237 g/mol. The number of esters is 1. The lowest BCUT2D eigenvalue weighted by molar-refractivity contribution is -0.140. The average molecular weight is 251 g/mol. The summed E-state index contributed by atoms with van der Waals surface area (Å²) in [5.41, 5.74) is 1.50. The van der Waals surface area contributed by atoms with E-state index in [1.165, 1.54) is 24.1 Å². The third kappa shape index (κ3) is 2.50.